The number of rotatable bonds is 0. The van der Waals surface area contributed by atoms with E-state index in [1.807, 2.05) is 11.8 Å². The van der Waals surface area contributed by atoms with E-state index in [4.69, 9.17) is 0 Å². The molecule has 0 aromatic rings. The van der Waals surface area contributed by atoms with Crippen LogP contribution in [0, 0.1) is 0 Å². The molecule has 0 fully saturated rings. The van der Waals surface area contributed by atoms with Gasteiger partial charge in [-0.15, -0.1) is 11.8 Å². The van der Waals surface area contributed by atoms with Crippen LogP contribution in [0.15, 0.2) is 9.11 Å². The van der Waals surface area contributed by atoms with Crippen molar-refractivity contribution in [3.05, 3.63) is 9.11 Å². The maximum atomic E-state index is 3.23. The first kappa shape index (κ1) is 5.75. The minimum Gasteiger partial charge on any atom is -0.368 e. The minimum absolute atomic E-state index is 0.590. The summed E-state index contributed by atoms with van der Waals surface area (Å²) in [5, 5.41) is 5.95. The SMILES string of the molecule is CC1NC(I)=CS1. The summed E-state index contributed by atoms with van der Waals surface area (Å²) < 4.78 is 1.26. The second-order valence-corrected chi connectivity index (χ2v) is 3.77. The molecular formula is C4H6INS. The quantitative estimate of drug-likeness (QED) is 0.501. The summed E-state index contributed by atoms with van der Waals surface area (Å²) in [6.07, 6.45) is 0. The lowest BCUT2D eigenvalue weighted by Gasteiger charge is -1.99. The predicted molar refractivity (Wildman–Crippen MR) is 42.3 cm³/mol. The highest BCUT2D eigenvalue weighted by Gasteiger charge is 2.06. The molecule has 0 amide bonds. The van der Waals surface area contributed by atoms with Crippen LogP contribution in [-0.4, -0.2) is 5.37 Å². The average molecular weight is 227 g/mol. The molecule has 0 saturated carbocycles. The van der Waals surface area contributed by atoms with Gasteiger partial charge >= 0.3 is 0 Å². The van der Waals surface area contributed by atoms with Crippen LogP contribution in [0.2, 0.25) is 0 Å². The van der Waals surface area contributed by atoms with Crippen LogP contribution in [0.5, 0.6) is 0 Å². The highest BCUT2D eigenvalue weighted by atomic mass is 127. The van der Waals surface area contributed by atoms with Crippen LogP contribution >= 0.6 is 34.4 Å². The van der Waals surface area contributed by atoms with Gasteiger partial charge in [0.15, 0.2) is 0 Å². The third-order valence-electron chi connectivity index (χ3n) is 0.717. The van der Waals surface area contributed by atoms with E-state index < -0.39 is 0 Å². The van der Waals surface area contributed by atoms with Crippen LogP contribution < -0.4 is 5.32 Å². The van der Waals surface area contributed by atoms with Gasteiger partial charge in [0.25, 0.3) is 0 Å². The van der Waals surface area contributed by atoms with Crippen LogP contribution in [-0.2, 0) is 0 Å². The largest absolute Gasteiger partial charge is 0.368 e. The molecule has 1 unspecified atom stereocenters. The number of nitrogens with one attached hydrogen (secondary N) is 1. The maximum absolute atomic E-state index is 3.23. The van der Waals surface area contributed by atoms with Crippen molar-refractivity contribution in [3.63, 3.8) is 0 Å². The van der Waals surface area contributed by atoms with E-state index in [2.05, 4.69) is 40.2 Å². The molecule has 1 nitrogen and oxygen atoms in total. The summed E-state index contributed by atoms with van der Waals surface area (Å²) in [5.41, 5.74) is 0. The third-order valence-corrected chi connectivity index (χ3v) is 2.66. The molecule has 0 aliphatic carbocycles. The summed E-state index contributed by atoms with van der Waals surface area (Å²) >= 11 is 4.10. The molecule has 0 aromatic carbocycles. The fourth-order valence-electron chi connectivity index (χ4n) is 0.424. The van der Waals surface area contributed by atoms with Crippen LogP contribution in [0.25, 0.3) is 0 Å². The zero-order chi connectivity index (χ0) is 5.28. The zero-order valence-electron chi connectivity index (χ0n) is 3.94. The minimum atomic E-state index is 0.590. The van der Waals surface area contributed by atoms with Gasteiger partial charge < -0.3 is 5.32 Å². The van der Waals surface area contributed by atoms with E-state index in [0.29, 0.717) is 5.37 Å². The van der Waals surface area contributed by atoms with Gasteiger partial charge in [0.1, 0.15) is 0 Å². The van der Waals surface area contributed by atoms with Crippen molar-refractivity contribution >= 4 is 34.4 Å². The first-order valence-electron chi connectivity index (χ1n) is 2.07. The Balaban J connectivity index is 2.42. The van der Waals surface area contributed by atoms with Crippen molar-refractivity contribution in [1.82, 2.24) is 5.32 Å². The summed E-state index contributed by atoms with van der Waals surface area (Å²) in [6.45, 7) is 2.15. The molecule has 1 rings (SSSR count). The summed E-state index contributed by atoms with van der Waals surface area (Å²) in [7, 11) is 0. The van der Waals surface area contributed by atoms with Gasteiger partial charge in [-0.3, -0.25) is 0 Å². The number of thioether (sulfide) groups is 1. The summed E-state index contributed by atoms with van der Waals surface area (Å²) in [4.78, 5) is 0. The predicted octanol–water partition coefficient (Wildman–Crippen LogP) is 1.90. The zero-order valence-corrected chi connectivity index (χ0v) is 6.91. The lowest BCUT2D eigenvalue weighted by molar-refractivity contribution is 0.869. The Bertz CT molecular complexity index is 102. The van der Waals surface area contributed by atoms with Gasteiger partial charge in [0, 0.05) is 5.41 Å². The normalized spacial score (nSPS) is 29.4. The molecule has 1 N–H and O–H groups in total. The van der Waals surface area contributed by atoms with E-state index in [-0.39, 0.29) is 0 Å². The van der Waals surface area contributed by atoms with E-state index >= 15 is 0 Å². The van der Waals surface area contributed by atoms with Crippen LogP contribution in [0.3, 0.4) is 0 Å². The van der Waals surface area contributed by atoms with Gasteiger partial charge in [-0.2, -0.15) is 0 Å². The van der Waals surface area contributed by atoms with Crippen LogP contribution in [0.1, 0.15) is 6.92 Å². The fraction of sp³-hybridized carbons (Fsp3) is 0.500. The Hall–Kier alpha value is 0.620. The molecule has 40 valence electrons. The maximum Gasteiger partial charge on any atom is 0.0805 e. The van der Waals surface area contributed by atoms with Gasteiger partial charge in [-0.05, 0) is 29.5 Å². The third kappa shape index (κ3) is 1.53. The molecule has 0 radical (unpaired) electrons. The molecule has 0 spiro atoms. The molecule has 1 aliphatic rings. The van der Waals surface area contributed by atoms with Crippen molar-refractivity contribution < 1.29 is 0 Å². The summed E-state index contributed by atoms with van der Waals surface area (Å²) in [5.74, 6) is 0. The Morgan fingerprint density at radius 1 is 2.00 bits per heavy atom. The van der Waals surface area contributed by atoms with E-state index in [1.165, 1.54) is 3.70 Å². The summed E-state index contributed by atoms with van der Waals surface area (Å²) in [6, 6.07) is 0. The van der Waals surface area contributed by atoms with Crippen molar-refractivity contribution in [3.8, 4) is 0 Å². The molecular weight excluding hydrogens is 221 g/mol. The average Bonchev–Trinajstić information content (AvgIpc) is 1.87. The molecule has 1 aliphatic heterocycles. The van der Waals surface area contributed by atoms with Gasteiger partial charge in [0.05, 0.1) is 9.08 Å². The Labute approximate surface area is 61.1 Å². The van der Waals surface area contributed by atoms with Crippen molar-refractivity contribution in [1.29, 1.82) is 0 Å². The highest BCUT2D eigenvalue weighted by Crippen LogP contribution is 2.22. The first-order chi connectivity index (χ1) is 3.29. The van der Waals surface area contributed by atoms with Crippen molar-refractivity contribution in [2.45, 2.75) is 12.3 Å². The molecule has 3 heteroatoms. The first-order valence-corrected chi connectivity index (χ1v) is 4.09. The Kier molecular flexibility index (Phi) is 1.86. The Morgan fingerprint density at radius 3 is 2.86 bits per heavy atom. The van der Waals surface area contributed by atoms with E-state index in [1.54, 1.807) is 0 Å². The number of hydrogen-bond acceptors (Lipinski definition) is 2. The molecule has 0 saturated heterocycles. The second-order valence-electron chi connectivity index (χ2n) is 1.39. The highest BCUT2D eigenvalue weighted by molar-refractivity contribution is 14.1. The van der Waals surface area contributed by atoms with Crippen molar-refractivity contribution in [2.75, 3.05) is 0 Å². The smallest absolute Gasteiger partial charge is 0.0805 e. The van der Waals surface area contributed by atoms with Gasteiger partial charge in [-0.25, -0.2) is 0 Å². The fourth-order valence-corrected chi connectivity index (χ4v) is 2.13. The topological polar surface area (TPSA) is 12.0 Å². The molecule has 7 heavy (non-hydrogen) atoms. The standard InChI is InChI=1S/C4H6INS/c1-3-6-4(5)2-7-3/h2-3,6H,1H3. The Morgan fingerprint density at radius 2 is 2.71 bits per heavy atom. The monoisotopic (exact) mass is 227 g/mol. The van der Waals surface area contributed by atoms with Gasteiger partial charge in [-0.1, -0.05) is 0 Å². The molecule has 1 heterocycles. The molecule has 1 atom stereocenters. The van der Waals surface area contributed by atoms with Crippen LogP contribution in [0.4, 0.5) is 0 Å². The van der Waals surface area contributed by atoms with E-state index in [0.717, 1.165) is 0 Å². The van der Waals surface area contributed by atoms with Crippen molar-refractivity contribution in [2.24, 2.45) is 0 Å². The van der Waals surface area contributed by atoms with Gasteiger partial charge in [0.2, 0.25) is 0 Å². The molecule has 0 aromatic heterocycles. The second kappa shape index (κ2) is 2.26. The lowest BCUT2D eigenvalue weighted by atomic mass is 10.7. The lowest BCUT2D eigenvalue weighted by Crippen LogP contribution is -2.12. The van der Waals surface area contributed by atoms with E-state index in [9.17, 15) is 0 Å². The number of hydrogen-bond donors (Lipinski definition) is 1. The number of halogens is 1. The molecule has 0 bridgehead atoms.